The van der Waals surface area contributed by atoms with Crippen molar-refractivity contribution in [1.82, 2.24) is 4.90 Å². The number of carbonyl (C=O) groups is 4. The lowest BCUT2D eigenvalue weighted by Gasteiger charge is -2.17. The molecule has 1 N–H and O–H groups in total. The van der Waals surface area contributed by atoms with Gasteiger partial charge in [0, 0.05) is 0 Å². The number of carboxylic acids is 1. The van der Waals surface area contributed by atoms with Crippen molar-refractivity contribution in [2.75, 3.05) is 18.1 Å². The molecule has 0 saturated carbocycles. The number of aliphatic carboxylic acids is 1. The Morgan fingerprint density at radius 3 is 2.48 bits per heavy atom. The highest BCUT2D eigenvalue weighted by Crippen LogP contribution is 2.31. The molecule has 2 rings (SSSR count). The van der Waals surface area contributed by atoms with E-state index in [1.165, 1.54) is 6.07 Å². The van der Waals surface area contributed by atoms with Crippen molar-refractivity contribution in [2.24, 2.45) is 0 Å². The molecule has 1 aliphatic heterocycles. The number of rotatable bonds is 5. The van der Waals surface area contributed by atoms with Crippen LogP contribution in [-0.2, 0) is 14.4 Å². The number of ether oxygens (including phenoxy) is 1. The highest BCUT2D eigenvalue weighted by atomic mass is 16.5. The fourth-order valence-electron chi connectivity index (χ4n) is 1.91. The van der Waals surface area contributed by atoms with Gasteiger partial charge in [-0.05, 0) is 19.1 Å². The highest BCUT2D eigenvalue weighted by molar-refractivity contribution is 6.53. The second-order valence-corrected chi connectivity index (χ2v) is 4.11. The van der Waals surface area contributed by atoms with Gasteiger partial charge < -0.3 is 9.84 Å². The Kier molecular flexibility index (Phi) is 3.88. The summed E-state index contributed by atoms with van der Waals surface area (Å²) >= 11 is 0. The largest absolute Gasteiger partial charge is 0.492 e. The van der Waals surface area contributed by atoms with E-state index in [1.807, 2.05) is 0 Å². The van der Waals surface area contributed by atoms with E-state index in [0.717, 1.165) is 0 Å². The summed E-state index contributed by atoms with van der Waals surface area (Å²) in [6.45, 7) is 1.17. The van der Waals surface area contributed by atoms with Gasteiger partial charge in [-0.1, -0.05) is 12.1 Å². The number of anilines is 1. The van der Waals surface area contributed by atoms with Crippen molar-refractivity contribution in [2.45, 2.75) is 6.92 Å². The van der Waals surface area contributed by atoms with Gasteiger partial charge in [0.05, 0.1) is 12.3 Å². The molecule has 0 aliphatic carbocycles. The van der Waals surface area contributed by atoms with Crippen LogP contribution in [0.4, 0.5) is 10.5 Å². The molecule has 1 aliphatic rings. The van der Waals surface area contributed by atoms with Gasteiger partial charge in [-0.15, -0.1) is 0 Å². The van der Waals surface area contributed by atoms with Crippen LogP contribution in [0.1, 0.15) is 6.92 Å². The SMILES string of the molecule is CCOc1ccccc1N1C(=O)C(=O)N(CC(=O)O)C1=O. The van der Waals surface area contributed by atoms with Crippen molar-refractivity contribution in [1.29, 1.82) is 0 Å². The van der Waals surface area contributed by atoms with Crippen LogP contribution in [0.5, 0.6) is 5.75 Å². The van der Waals surface area contributed by atoms with Gasteiger partial charge in [0.2, 0.25) is 0 Å². The Morgan fingerprint density at radius 1 is 1.19 bits per heavy atom. The molecule has 0 spiro atoms. The molecule has 4 amide bonds. The summed E-state index contributed by atoms with van der Waals surface area (Å²) in [4.78, 5) is 47.4. The third-order valence-corrected chi connectivity index (χ3v) is 2.75. The number of hydrogen-bond donors (Lipinski definition) is 1. The van der Waals surface area contributed by atoms with Gasteiger partial charge in [0.15, 0.2) is 0 Å². The van der Waals surface area contributed by atoms with E-state index in [4.69, 9.17) is 9.84 Å². The van der Waals surface area contributed by atoms with Gasteiger partial charge in [-0.25, -0.2) is 14.6 Å². The van der Waals surface area contributed by atoms with Crippen LogP contribution in [0, 0.1) is 0 Å². The third-order valence-electron chi connectivity index (χ3n) is 2.75. The van der Waals surface area contributed by atoms with Crippen molar-refractivity contribution < 1.29 is 29.0 Å². The van der Waals surface area contributed by atoms with Crippen LogP contribution in [-0.4, -0.2) is 47.0 Å². The zero-order chi connectivity index (χ0) is 15.6. The van der Waals surface area contributed by atoms with E-state index >= 15 is 0 Å². The van der Waals surface area contributed by atoms with Crippen molar-refractivity contribution >= 4 is 29.5 Å². The topological polar surface area (TPSA) is 104 Å². The Balaban J connectivity index is 2.41. The summed E-state index contributed by atoms with van der Waals surface area (Å²) in [5.41, 5.74) is 0.107. The molecule has 1 fully saturated rings. The molecular weight excluding hydrogens is 280 g/mol. The molecule has 0 radical (unpaired) electrons. The third kappa shape index (κ3) is 2.55. The monoisotopic (exact) mass is 292 g/mol. The maximum atomic E-state index is 12.1. The number of imide groups is 2. The summed E-state index contributed by atoms with van der Waals surface area (Å²) in [5, 5.41) is 8.69. The van der Waals surface area contributed by atoms with Gasteiger partial charge in [0.1, 0.15) is 12.3 Å². The van der Waals surface area contributed by atoms with Gasteiger partial charge in [-0.3, -0.25) is 14.4 Å². The smallest absolute Gasteiger partial charge is 0.339 e. The van der Waals surface area contributed by atoms with Crippen LogP contribution in [0.25, 0.3) is 0 Å². The summed E-state index contributed by atoms with van der Waals surface area (Å²) in [6.07, 6.45) is 0. The van der Waals surface area contributed by atoms with Crippen LogP contribution in [0.2, 0.25) is 0 Å². The average Bonchev–Trinajstić information content (AvgIpc) is 2.64. The van der Waals surface area contributed by atoms with Crippen LogP contribution in [0.15, 0.2) is 24.3 Å². The number of nitrogens with zero attached hydrogens (tertiary/aromatic N) is 2. The number of urea groups is 1. The molecule has 1 aromatic carbocycles. The number of benzene rings is 1. The van der Waals surface area contributed by atoms with E-state index in [9.17, 15) is 19.2 Å². The Hall–Kier alpha value is -2.90. The molecule has 1 aromatic rings. The highest BCUT2D eigenvalue weighted by Gasteiger charge is 2.47. The predicted molar refractivity (Wildman–Crippen MR) is 69.8 cm³/mol. The molecule has 8 nitrogen and oxygen atoms in total. The first-order valence-electron chi connectivity index (χ1n) is 6.11. The van der Waals surface area contributed by atoms with Crippen molar-refractivity contribution in [3.63, 3.8) is 0 Å². The average molecular weight is 292 g/mol. The lowest BCUT2D eigenvalue weighted by atomic mass is 10.2. The molecule has 1 saturated heterocycles. The van der Waals surface area contributed by atoms with Crippen molar-refractivity contribution in [3.8, 4) is 5.75 Å². The van der Waals surface area contributed by atoms with E-state index in [-0.39, 0.29) is 11.4 Å². The second kappa shape index (κ2) is 5.61. The molecule has 8 heteroatoms. The van der Waals surface area contributed by atoms with Crippen LogP contribution in [0.3, 0.4) is 0 Å². The van der Waals surface area contributed by atoms with Crippen molar-refractivity contribution in [3.05, 3.63) is 24.3 Å². The fourth-order valence-corrected chi connectivity index (χ4v) is 1.91. The zero-order valence-corrected chi connectivity index (χ0v) is 11.1. The Bertz CT molecular complexity index is 627. The van der Waals surface area contributed by atoms with E-state index in [0.29, 0.717) is 16.4 Å². The van der Waals surface area contributed by atoms with Gasteiger partial charge >= 0.3 is 23.8 Å². The summed E-state index contributed by atoms with van der Waals surface area (Å²) in [6, 6.07) is 5.21. The quantitative estimate of drug-likeness (QED) is 0.624. The number of amides is 4. The predicted octanol–water partition coefficient (Wildman–Crippen LogP) is 0.465. The molecule has 0 unspecified atom stereocenters. The Labute approximate surface area is 119 Å². The molecule has 21 heavy (non-hydrogen) atoms. The normalized spacial score (nSPS) is 14.8. The molecule has 0 aromatic heterocycles. The lowest BCUT2D eigenvalue weighted by Crippen LogP contribution is -2.37. The number of hydrogen-bond acceptors (Lipinski definition) is 5. The number of carbonyl (C=O) groups excluding carboxylic acids is 3. The minimum atomic E-state index is -1.38. The van der Waals surface area contributed by atoms with Gasteiger partial charge in [0.25, 0.3) is 0 Å². The second-order valence-electron chi connectivity index (χ2n) is 4.11. The van der Waals surface area contributed by atoms with E-state index < -0.39 is 30.4 Å². The maximum absolute atomic E-state index is 12.1. The fraction of sp³-hybridized carbons (Fsp3) is 0.231. The first-order valence-corrected chi connectivity index (χ1v) is 6.11. The molecule has 110 valence electrons. The van der Waals surface area contributed by atoms with Crippen LogP contribution >= 0.6 is 0 Å². The first kappa shape index (κ1) is 14.5. The van der Waals surface area contributed by atoms with Gasteiger partial charge in [-0.2, -0.15) is 0 Å². The first-order chi connectivity index (χ1) is 9.97. The minimum absolute atomic E-state index is 0.107. The lowest BCUT2D eigenvalue weighted by molar-refractivity contribution is -0.144. The van der Waals surface area contributed by atoms with Crippen LogP contribution < -0.4 is 9.64 Å². The summed E-state index contributed by atoms with van der Waals surface area (Å²) in [7, 11) is 0. The summed E-state index contributed by atoms with van der Waals surface area (Å²) in [5.74, 6) is -3.40. The molecule has 1 heterocycles. The molecule has 0 bridgehead atoms. The summed E-state index contributed by atoms with van der Waals surface area (Å²) < 4.78 is 5.31. The minimum Gasteiger partial charge on any atom is -0.492 e. The molecular formula is C13H12N2O6. The standard InChI is InChI=1S/C13H12N2O6/c1-2-21-9-6-4-3-5-8(9)15-12(19)11(18)14(13(15)20)7-10(16)17/h3-6H,2,7H2,1H3,(H,16,17). The van der Waals surface area contributed by atoms with E-state index in [2.05, 4.69) is 0 Å². The number of para-hydroxylation sites is 2. The van der Waals surface area contributed by atoms with E-state index in [1.54, 1.807) is 25.1 Å². The maximum Gasteiger partial charge on any atom is 0.339 e. The Morgan fingerprint density at radius 2 is 1.86 bits per heavy atom. The zero-order valence-electron chi connectivity index (χ0n) is 11.1. The number of carboxylic acid groups (broad SMARTS) is 1. The molecule has 0 atom stereocenters.